The van der Waals surface area contributed by atoms with Gasteiger partial charge in [-0.2, -0.15) is 5.26 Å². The molecular formula is C27H34Cl2N2. The molecule has 2 nitrogen and oxygen atoms in total. The van der Waals surface area contributed by atoms with Crippen molar-refractivity contribution in [2.45, 2.75) is 81.6 Å². The van der Waals surface area contributed by atoms with E-state index in [1.54, 1.807) is 6.07 Å². The predicted octanol–water partition coefficient (Wildman–Crippen LogP) is 7.52. The Hall–Kier alpha value is -1.53. The van der Waals surface area contributed by atoms with Crippen LogP contribution in [0.15, 0.2) is 48.5 Å². The van der Waals surface area contributed by atoms with Crippen molar-refractivity contribution in [1.82, 2.24) is 4.90 Å². The number of nitriles is 1. The number of rotatable bonds is 9. The summed E-state index contributed by atoms with van der Waals surface area (Å²) in [6.45, 7) is 8.10. The minimum Gasteiger partial charge on any atom is -0.297 e. The van der Waals surface area contributed by atoms with Gasteiger partial charge in [-0.25, -0.2) is 0 Å². The van der Waals surface area contributed by atoms with Crippen LogP contribution in [0.1, 0.15) is 75.1 Å². The van der Waals surface area contributed by atoms with Gasteiger partial charge < -0.3 is 0 Å². The van der Waals surface area contributed by atoms with E-state index in [4.69, 9.17) is 28.5 Å². The van der Waals surface area contributed by atoms with Crippen molar-refractivity contribution < 1.29 is 0 Å². The summed E-state index contributed by atoms with van der Waals surface area (Å²) in [4.78, 5) is 2.31. The fraction of sp³-hybridized carbons (Fsp3) is 0.519. The summed E-state index contributed by atoms with van der Waals surface area (Å²) in [5.74, 6) is 0. The van der Waals surface area contributed by atoms with Crippen LogP contribution in [0.2, 0.25) is 0 Å². The van der Waals surface area contributed by atoms with E-state index in [1.165, 1.54) is 29.2 Å². The third-order valence-corrected chi connectivity index (χ3v) is 7.51. The van der Waals surface area contributed by atoms with Gasteiger partial charge >= 0.3 is 0 Å². The van der Waals surface area contributed by atoms with Gasteiger partial charge in [0.1, 0.15) is 0 Å². The molecule has 0 amide bonds. The van der Waals surface area contributed by atoms with E-state index in [0.29, 0.717) is 6.04 Å². The number of hydrogen-bond donors (Lipinski definition) is 0. The highest BCUT2D eigenvalue weighted by Crippen LogP contribution is 2.58. The Bertz CT molecular complexity index is 857. The topological polar surface area (TPSA) is 27.0 Å². The van der Waals surface area contributed by atoms with Crippen molar-refractivity contribution in [2.24, 2.45) is 0 Å². The number of hydrogen-bond acceptors (Lipinski definition) is 2. The first-order valence-electron chi connectivity index (χ1n) is 11.4. The van der Waals surface area contributed by atoms with Gasteiger partial charge in [0, 0.05) is 19.5 Å². The lowest BCUT2D eigenvalue weighted by Crippen LogP contribution is -2.31. The largest absolute Gasteiger partial charge is 0.297 e. The summed E-state index contributed by atoms with van der Waals surface area (Å²) in [7, 11) is 0. The zero-order valence-corrected chi connectivity index (χ0v) is 20.5. The quantitative estimate of drug-likeness (QED) is 0.364. The Balaban J connectivity index is 0.000000858. The van der Waals surface area contributed by atoms with Crippen LogP contribution in [0.4, 0.5) is 0 Å². The molecule has 2 aromatic carbocycles. The highest BCUT2D eigenvalue weighted by Gasteiger charge is 2.48. The standard InChI is InChI=1S/C25H31Cl2N.C2H3N/c1-19(2)28(18-20-8-4-3-5-9-20)17-7-10-21-22(24(26)13-14-24)11-6-12-23(21)25(27)15-16-25;1-2-3/h3-6,8-9,11-12,19H,7,10,13-18H2,1-2H3;1H3. The van der Waals surface area contributed by atoms with Gasteiger partial charge in [-0.3, -0.25) is 4.90 Å². The Kier molecular flexibility index (Phi) is 8.08. The Morgan fingerprint density at radius 3 is 1.90 bits per heavy atom. The van der Waals surface area contributed by atoms with Gasteiger partial charge in [0.15, 0.2) is 0 Å². The molecule has 4 heteroatoms. The summed E-state index contributed by atoms with van der Waals surface area (Å²) in [6.07, 6.45) is 6.55. The number of halogens is 2. The van der Waals surface area contributed by atoms with E-state index >= 15 is 0 Å². The monoisotopic (exact) mass is 456 g/mol. The lowest BCUT2D eigenvalue weighted by molar-refractivity contribution is 0.210. The fourth-order valence-corrected chi connectivity index (χ4v) is 4.79. The van der Waals surface area contributed by atoms with E-state index in [1.807, 2.05) is 0 Å². The highest BCUT2D eigenvalue weighted by molar-refractivity contribution is 6.27. The molecule has 0 bridgehead atoms. The van der Waals surface area contributed by atoms with E-state index in [-0.39, 0.29) is 9.75 Å². The van der Waals surface area contributed by atoms with Crippen LogP contribution in [0, 0.1) is 11.3 Å². The van der Waals surface area contributed by atoms with Crippen LogP contribution in [0.3, 0.4) is 0 Å². The van der Waals surface area contributed by atoms with E-state index in [9.17, 15) is 0 Å². The number of benzene rings is 2. The molecule has 4 rings (SSSR count). The molecule has 0 heterocycles. The van der Waals surface area contributed by atoms with Crippen molar-refractivity contribution in [3.05, 3.63) is 70.8 Å². The Morgan fingerprint density at radius 1 is 0.935 bits per heavy atom. The number of nitrogens with zero attached hydrogens (tertiary/aromatic N) is 2. The number of alkyl halides is 2. The van der Waals surface area contributed by atoms with Gasteiger partial charge in [-0.1, -0.05) is 48.5 Å². The first-order valence-corrected chi connectivity index (χ1v) is 12.2. The molecule has 2 aliphatic rings. The minimum atomic E-state index is -0.130. The maximum absolute atomic E-state index is 7.32. The van der Waals surface area contributed by atoms with E-state index in [0.717, 1.165) is 51.6 Å². The second-order valence-electron chi connectivity index (χ2n) is 9.14. The van der Waals surface area contributed by atoms with Crippen molar-refractivity contribution in [3.8, 4) is 6.07 Å². The van der Waals surface area contributed by atoms with Crippen LogP contribution in [-0.2, 0) is 22.7 Å². The van der Waals surface area contributed by atoms with E-state index < -0.39 is 0 Å². The highest BCUT2D eigenvalue weighted by atomic mass is 35.5. The van der Waals surface area contributed by atoms with Crippen LogP contribution in [0.25, 0.3) is 0 Å². The van der Waals surface area contributed by atoms with Gasteiger partial charge in [-0.05, 0) is 81.2 Å². The molecule has 0 aliphatic heterocycles. The molecule has 31 heavy (non-hydrogen) atoms. The van der Waals surface area contributed by atoms with Crippen molar-refractivity contribution in [3.63, 3.8) is 0 Å². The maximum atomic E-state index is 7.32. The van der Waals surface area contributed by atoms with Crippen molar-refractivity contribution in [2.75, 3.05) is 6.54 Å². The fourth-order valence-electron chi connectivity index (χ4n) is 4.25. The molecule has 2 aromatic rings. The normalized spacial score (nSPS) is 17.6. The first-order chi connectivity index (χ1) is 14.8. The second-order valence-corrected chi connectivity index (χ2v) is 10.6. The average Bonchev–Trinajstić information content (AvgIpc) is 3.68. The maximum Gasteiger partial charge on any atom is 0.0699 e. The molecule has 166 valence electrons. The van der Waals surface area contributed by atoms with Crippen LogP contribution in [0.5, 0.6) is 0 Å². The van der Waals surface area contributed by atoms with E-state index in [2.05, 4.69) is 67.3 Å². The molecule has 0 saturated heterocycles. The summed E-state index contributed by atoms with van der Waals surface area (Å²) in [5.41, 5.74) is 5.51. The van der Waals surface area contributed by atoms with Gasteiger partial charge in [0.2, 0.25) is 0 Å². The van der Waals surface area contributed by atoms with Crippen LogP contribution < -0.4 is 0 Å². The lowest BCUT2D eigenvalue weighted by atomic mass is 9.91. The smallest absolute Gasteiger partial charge is 0.0699 e. The molecule has 0 unspecified atom stereocenters. The lowest BCUT2D eigenvalue weighted by Gasteiger charge is -2.27. The molecule has 0 aromatic heterocycles. The average molecular weight is 457 g/mol. The van der Waals surface area contributed by atoms with Crippen LogP contribution in [-0.4, -0.2) is 17.5 Å². The zero-order chi connectivity index (χ0) is 22.5. The Labute approximate surface area is 198 Å². The third kappa shape index (κ3) is 6.26. The predicted molar refractivity (Wildman–Crippen MR) is 132 cm³/mol. The third-order valence-electron chi connectivity index (χ3n) is 6.35. The second kappa shape index (κ2) is 10.4. The van der Waals surface area contributed by atoms with Gasteiger partial charge in [0.05, 0.1) is 15.8 Å². The first kappa shape index (κ1) is 24.1. The SMILES string of the molecule is CC#N.CC(C)N(CCCc1c(C2(Cl)CC2)cccc1C1(Cl)CC1)Cc1ccccc1. The summed E-state index contributed by atoms with van der Waals surface area (Å²) in [6, 6.07) is 19.7. The molecular weight excluding hydrogens is 423 g/mol. The van der Waals surface area contributed by atoms with Crippen molar-refractivity contribution >= 4 is 23.2 Å². The van der Waals surface area contributed by atoms with Crippen molar-refractivity contribution in [1.29, 1.82) is 5.26 Å². The molecule has 2 aliphatic carbocycles. The zero-order valence-electron chi connectivity index (χ0n) is 19.0. The molecule has 0 radical (unpaired) electrons. The molecule has 2 saturated carbocycles. The molecule has 0 atom stereocenters. The molecule has 0 spiro atoms. The van der Waals surface area contributed by atoms with Crippen LogP contribution >= 0.6 is 23.2 Å². The Morgan fingerprint density at radius 2 is 1.45 bits per heavy atom. The molecule has 2 fully saturated rings. The minimum absolute atomic E-state index is 0.130. The summed E-state index contributed by atoms with van der Waals surface area (Å²) >= 11 is 13.7. The summed E-state index contributed by atoms with van der Waals surface area (Å²) < 4.78 is 0. The summed E-state index contributed by atoms with van der Waals surface area (Å²) in [5, 5.41) is 7.32. The van der Waals surface area contributed by atoms with Gasteiger partial charge in [-0.15, -0.1) is 23.2 Å². The van der Waals surface area contributed by atoms with Gasteiger partial charge in [0.25, 0.3) is 0 Å². The molecule has 0 N–H and O–H groups in total.